The Kier molecular flexibility index (Phi) is 2.31. The van der Waals surface area contributed by atoms with Crippen LogP contribution in [0.3, 0.4) is 0 Å². The van der Waals surface area contributed by atoms with Crippen molar-refractivity contribution in [2.24, 2.45) is 0 Å². The second-order valence-electron chi connectivity index (χ2n) is 4.68. The molecule has 1 atom stereocenters. The van der Waals surface area contributed by atoms with Gasteiger partial charge in [-0.15, -0.1) is 0 Å². The van der Waals surface area contributed by atoms with Crippen LogP contribution in [-0.2, 0) is 10.4 Å². The van der Waals surface area contributed by atoms with Crippen molar-refractivity contribution in [3.8, 4) is 0 Å². The quantitative estimate of drug-likeness (QED) is 0.766. The van der Waals surface area contributed by atoms with Gasteiger partial charge in [-0.2, -0.15) is 0 Å². The van der Waals surface area contributed by atoms with Crippen LogP contribution in [0.1, 0.15) is 26.3 Å². The maximum atomic E-state index is 12.0. The topological polar surface area (TPSA) is 40.5 Å². The molecule has 1 aromatic rings. The fraction of sp³-hybridized carbons (Fsp3) is 0.462. The highest BCUT2D eigenvalue weighted by molar-refractivity contribution is 5.95. The van der Waals surface area contributed by atoms with Crippen LogP contribution in [0.15, 0.2) is 30.3 Å². The lowest BCUT2D eigenvalue weighted by molar-refractivity contribution is -0.214. The first-order valence-electron chi connectivity index (χ1n) is 5.56. The molecule has 3 nitrogen and oxygen atoms in total. The van der Waals surface area contributed by atoms with E-state index < -0.39 is 11.1 Å². The van der Waals surface area contributed by atoms with Crippen molar-refractivity contribution in [3.63, 3.8) is 0 Å². The first-order valence-corrected chi connectivity index (χ1v) is 5.56. The molecule has 3 heteroatoms. The zero-order valence-corrected chi connectivity index (χ0v) is 9.90. The van der Waals surface area contributed by atoms with E-state index in [0.717, 1.165) is 0 Å². The summed E-state index contributed by atoms with van der Waals surface area (Å²) in [6.07, 6.45) is 0. The molecule has 1 aliphatic rings. The van der Waals surface area contributed by atoms with Gasteiger partial charge < -0.3 is 10.0 Å². The fourth-order valence-electron chi connectivity index (χ4n) is 2.55. The Morgan fingerprint density at radius 3 is 2.25 bits per heavy atom. The van der Waals surface area contributed by atoms with Crippen molar-refractivity contribution in [2.75, 3.05) is 6.54 Å². The lowest BCUT2D eigenvalue weighted by Gasteiger charge is -2.59. The minimum absolute atomic E-state index is 0.203. The molecule has 0 aliphatic carbocycles. The highest BCUT2D eigenvalue weighted by Gasteiger charge is 2.65. The van der Waals surface area contributed by atoms with Gasteiger partial charge in [-0.1, -0.05) is 30.3 Å². The summed E-state index contributed by atoms with van der Waals surface area (Å²) >= 11 is 0. The van der Waals surface area contributed by atoms with Crippen LogP contribution in [0.5, 0.6) is 0 Å². The smallest absolute Gasteiger partial charge is 0.262 e. The Morgan fingerprint density at radius 1 is 1.25 bits per heavy atom. The van der Waals surface area contributed by atoms with Crippen molar-refractivity contribution < 1.29 is 9.90 Å². The highest BCUT2D eigenvalue weighted by Crippen LogP contribution is 2.47. The fourth-order valence-corrected chi connectivity index (χ4v) is 2.55. The number of likely N-dealkylation sites (N-methyl/N-ethyl adjacent to an activating group) is 1. The molecule has 0 bridgehead atoms. The maximum Gasteiger partial charge on any atom is 0.262 e. The SMILES string of the molecule is CCN1C(=O)[C@](O)(c2ccccc2)C1(C)C. The predicted octanol–water partition coefficient (Wildman–Crippen LogP) is 1.51. The van der Waals surface area contributed by atoms with Crippen LogP contribution in [-0.4, -0.2) is 28.0 Å². The van der Waals surface area contributed by atoms with Gasteiger partial charge in [0.1, 0.15) is 0 Å². The third-order valence-electron chi connectivity index (χ3n) is 3.62. The summed E-state index contributed by atoms with van der Waals surface area (Å²) in [4.78, 5) is 13.7. The summed E-state index contributed by atoms with van der Waals surface area (Å²) in [7, 11) is 0. The lowest BCUT2D eigenvalue weighted by Crippen LogP contribution is -2.77. The third kappa shape index (κ3) is 1.09. The second-order valence-corrected chi connectivity index (χ2v) is 4.68. The Hall–Kier alpha value is -1.35. The molecule has 1 fully saturated rings. The van der Waals surface area contributed by atoms with Gasteiger partial charge in [0, 0.05) is 6.54 Å². The summed E-state index contributed by atoms with van der Waals surface area (Å²) in [5.41, 5.74) is -1.24. The van der Waals surface area contributed by atoms with Gasteiger partial charge in [-0.3, -0.25) is 4.79 Å². The number of amides is 1. The molecule has 1 aromatic carbocycles. The molecular weight excluding hydrogens is 202 g/mol. The molecule has 0 saturated carbocycles. The van der Waals surface area contributed by atoms with E-state index in [1.165, 1.54) is 0 Å². The standard InChI is InChI=1S/C13H17NO2/c1-4-14-11(15)13(16,12(14,2)3)10-8-6-5-7-9-10/h5-9,16H,4H2,1-3H3/t13-/m1/s1. The first-order chi connectivity index (χ1) is 7.46. The summed E-state index contributed by atoms with van der Waals surface area (Å²) in [5, 5.41) is 10.6. The molecule has 1 amide bonds. The van der Waals surface area contributed by atoms with Crippen molar-refractivity contribution in [3.05, 3.63) is 35.9 Å². The summed E-state index contributed by atoms with van der Waals surface area (Å²) in [5.74, 6) is -0.203. The number of rotatable bonds is 2. The van der Waals surface area contributed by atoms with E-state index in [1.807, 2.05) is 39.0 Å². The molecule has 1 N–H and O–H groups in total. The predicted molar refractivity (Wildman–Crippen MR) is 61.8 cm³/mol. The zero-order valence-electron chi connectivity index (χ0n) is 9.90. The second kappa shape index (κ2) is 3.32. The molecular formula is C13H17NO2. The summed E-state index contributed by atoms with van der Waals surface area (Å²) in [6, 6.07) is 9.15. The van der Waals surface area contributed by atoms with E-state index in [-0.39, 0.29) is 5.91 Å². The van der Waals surface area contributed by atoms with Crippen molar-refractivity contribution in [1.82, 2.24) is 4.90 Å². The summed E-state index contributed by atoms with van der Waals surface area (Å²) < 4.78 is 0. The minimum atomic E-state index is -1.37. The Morgan fingerprint density at radius 2 is 1.81 bits per heavy atom. The maximum absolute atomic E-state index is 12.0. The van der Waals surface area contributed by atoms with E-state index in [1.54, 1.807) is 17.0 Å². The van der Waals surface area contributed by atoms with Crippen LogP contribution >= 0.6 is 0 Å². The van der Waals surface area contributed by atoms with Crippen LogP contribution in [0.25, 0.3) is 0 Å². The number of aliphatic hydroxyl groups is 1. The van der Waals surface area contributed by atoms with Crippen LogP contribution in [0, 0.1) is 0 Å². The van der Waals surface area contributed by atoms with Gasteiger partial charge in [0.2, 0.25) is 0 Å². The molecule has 0 unspecified atom stereocenters. The number of benzene rings is 1. The monoisotopic (exact) mass is 219 g/mol. The molecule has 0 aromatic heterocycles. The normalized spacial score (nSPS) is 27.8. The molecule has 1 saturated heterocycles. The van der Waals surface area contributed by atoms with Crippen LogP contribution < -0.4 is 0 Å². The number of hydrogen-bond donors (Lipinski definition) is 1. The van der Waals surface area contributed by atoms with Crippen LogP contribution in [0.4, 0.5) is 0 Å². The van der Waals surface area contributed by atoms with E-state index in [9.17, 15) is 9.90 Å². The van der Waals surface area contributed by atoms with Crippen molar-refractivity contribution >= 4 is 5.91 Å². The average molecular weight is 219 g/mol. The highest BCUT2D eigenvalue weighted by atomic mass is 16.3. The largest absolute Gasteiger partial charge is 0.374 e. The minimum Gasteiger partial charge on any atom is -0.374 e. The van der Waals surface area contributed by atoms with E-state index in [2.05, 4.69) is 0 Å². The van der Waals surface area contributed by atoms with Gasteiger partial charge in [-0.05, 0) is 26.3 Å². The van der Waals surface area contributed by atoms with Crippen molar-refractivity contribution in [2.45, 2.75) is 31.9 Å². The molecule has 86 valence electrons. The van der Waals surface area contributed by atoms with Gasteiger partial charge in [0.05, 0.1) is 5.54 Å². The summed E-state index contributed by atoms with van der Waals surface area (Å²) in [6.45, 7) is 6.33. The molecule has 16 heavy (non-hydrogen) atoms. The van der Waals surface area contributed by atoms with Gasteiger partial charge >= 0.3 is 0 Å². The number of β-lactam (4-membered cyclic amide) rings is 1. The van der Waals surface area contributed by atoms with E-state index in [4.69, 9.17) is 0 Å². The molecule has 0 radical (unpaired) electrons. The number of nitrogens with zero attached hydrogens (tertiary/aromatic N) is 1. The third-order valence-corrected chi connectivity index (χ3v) is 3.62. The number of carbonyl (C=O) groups is 1. The number of hydrogen-bond acceptors (Lipinski definition) is 2. The Balaban J connectivity index is 2.45. The van der Waals surface area contributed by atoms with Gasteiger partial charge in [-0.25, -0.2) is 0 Å². The van der Waals surface area contributed by atoms with Crippen LogP contribution in [0.2, 0.25) is 0 Å². The zero-order chi connectivity index (χ0) is 12.0. The lowest BCUT2D eigenvalue weighted by atomic mass is 9.67. The van der Waals surface area contributed by atoms with Gasteiger partial charge in [0.25, 0.3) is 5.91 Å². The number of likely N-dealkylation sites (tertiary alicyclic amines) is 1. The van der Waals surface area contributed by atoms with E-state index in [0.29, 0.717) is 12.1 Å². The number of carbonyl (C=O) groups excluding carboxylic acids is 1. The van der Waals surface area contributed by atoms with E-state index >= 15 is 0 Å². The molecule has 1 aliphatic heterocycles. The first kappa shape index (κ1) is 11.1. The van der Waals surface area contributed by atoms with Gasteiger partial charge in [0.15, 0.2) is 5.60 Å². The molecule has 0 spiro atoms. The molecule has 1 heterocycles. The Bertz CT molecular complexity index is 413. The molecule has 2 rings (SSSR count). The average Bonchev–Trinajstić information content (AvgIpc) is 2.29. The van der Waals surface area contributed by atoms with Crippen molar-refractivity contribution in [1.29, 1.82) is 0 Å². The Labute approximate surface area is 95.7 Å².